The number of benzene rings is 3. The third kappa shape index (κ3) is 5.99. The first kappa shape index (κ1) is 24.7. The molecular weight excluding hydrogens is 469 g/mol. The lowest BCUT2D eigenvalue weighted by atomic mass is 10.0. The van der Waals surface area contributed by atoms with Gasteiger partial charge < -0.3 is 15.0 Å². The van der Waals surface area contributed by atoms with Crippen LogP contribution in [0.1, 0.15) is 18.5 Å². The summed E-state index contributed by atoms with van der Waals surface area (Å²) < 4.78 is 19.6. The summed E-state index contributed by atoms with van der Waals surface area (Å²) in [6, 6.07) is 21.0. The molecule has 0 saturated carbocycles. The topological polar surface area (TPSA) is 61.9 Å². The number of nitrogens with one attached hydrogen (secondary N) is 1. The molecule has 2 atom stereocenters. The zero-order chi connectivity index (χ0) is 24.8. The van der Waals surface area contributed by atoms with E-state index in [0.29, 0.717) is 42.4 Å². The number of para-hydroxylation sites is 1. The highest BCUT2D eigenvalue weighted by molar-refractivity contribution is 6.29. The largest absolute Gasteiger partial charge is 0.457 e. The van der Waals surface area contributed by atoms with Crippen LogP contribution in [0.25, 0.3) is 0 Å². The van der Waals surface area contributed by atoms with Crippen molar-refractivity contribution in [1.29, 1.82) is 0 Å². The third-order valence-electron chi connectivity index (χ3n) is 5.84. The molecule has 6 nitrogen and oxygen atoms in total. The number of carbonyl (C=O) groups excluding carboxylic acids is 2. The lowest BCUT2D eigenvalue weighted by Gasteiger charge is -2.38. The number of anilines is 1. The van der Waals surface area contributed by atoms with Crippen LogP contribution in [0.5, 0.6) is 11.5 Å². The Bertz CT molecular complexity index is 1140. The van der Waals surface area contributed by atoms with Crippen molar-refractivity contribution >= 4 is 29.1 Å². The first-order valence-electron chi connectivity index (χ1n) is 11.4. The molecule has 1 fully saturated rings. The van der Waals surface area contributed by atoms with Gasteiger partial charge in [-0.3, -0.25) is 14.5 Å². The number of halogens is 2. The zero-order valence-electron chi connectivity index (χ0n) is 19.4. The smallest absolute Gasteiger partial charge is 0.250 e. The van der Waals surface area contributed by atoms with Gasteiger partial charge in [0, 0.05) is 31.4 Å². The van der Waals surface area contributed by atoms with Gasteiger partial charge >= 0.3 is 0 Å². The van der Waals surface area contributed by atoms with Crippen LogP contribution in [-0.4, -0.2) is 48.3 Å². The van der Waals surface area contributed by atoms with Gasteiger partial charge in [0.2, 0.25) is 5.91 Å². The van der Waals surface area contributed by atoms with Crippen molar-refractivity contribution < 1.29 is 18.7 Å². The molecule has 0 aromatic heterocycles. The van der Waals surface area contributed by atoms with Crippen molar-refractivity contribution in [3.05, 3.63) is 90.2 Å². The van der Waals surface area contributed by atoms with Crippen LogP contribution in [0, 0.1) is 5.82 Å². The zero-order valence-corrected chi connectivity index (χ0v) is 20.1. The summed E-state index contributed by atoms with van der Waals surface area (Å²) in [6.45, 7) is 3.66. The molecule has 1 heterocycles. The summed E-state index contributed by atoms with van der Waals surface area (Å²) in [4.78, 5) is 30.1. The number of carbonyl (C=O) groups is 2. The molecule has 4 rings (SSSR count). The SMILES string of the molecule is C[C@@H]1CN(C(=O)[C@@H](c2ccc(F)cc2)N(C(=O)CCl)c2ccc(Oc3ccccc3)cc2)CCN1. The van der Waals surface area contributed by atoms with Crippen LogP contribution in [0.4, 0.5) is 10.1 Å². The summed E-state index contributed by atoms with van der Waals surface area (Å²) in [5.74, 6) is -0.152. The van der Waals surface area contributed by atoms with Crippen LogP contribution < -0.4 is 15.0 Å². The summed E-state index contributed by atoms with van der Waals surface area (Å²) in [7, 11) is 0. The van der Waals surface area contributed by atoms with E-state index >= 15 is 0 Å². The minimum absolute atomic E-state index is 0.119. The minimum atomic E-state index is -0.993. The van der Waals surface area contributed by atoms with Crippen molar-refractivity contribution in [1.82, 2.24) is 10.2 Å². The van der Waals surface area contributed by atoms with Gasteiger partial charge in [0.15, 0.2) is 0 Å². The van der Waals surface area contributed by atoms with E-state index < -0.39 is 17.8 Å². The van der Waals surface area contributed by atoms with Gasteiger partial charge in [0.25, 0.3) is 5.91 Å². The lowest BCUT2D eigenvalue weighted by molar-refractivity contribution is -0.135. The minimum Gasteiger partial charge on any atom is -0.457 e. The molecule has 8 heteroatoms. The molecule has 3 aromatic carbocycles. The highest BCUT2D eigenvalue weighted by Crippen LogP contribution is 2.32. The standard InChI is InChI=1S/C27H27ClFN3O3/c1-19-18-31(16-15-30-19)27(34)26(20-7-9-21(29)10-8-20)32(25(33)17-28)22-11-13-24(14-12-22)35-23-5-3-2-4-6-23/h2-14,19,26,30H,15-18H2,1H3/t19-,26-/m1/s1. The molecule has 1 saturated heterocycles. The number of piperazine rings is 1. The molecule has 182 valence electrons. The van der Waals surface area contributed by atoms with E-state index in [1.165, 1.54) is 29.2 Å². The van der Waals surface area contributed by atoms with E-state index in [0.717, 1.165) is 0 Å². The van der Waals surface area contributed by atoms with Crippen molar-refractivity contribution in [2.75, 3.05) is 30.4 Å². The quantitative estimate of drug-likeness (QED) is 0.480. The van der Waals surface area contributed by atoms with Crippen molar-refractivity contribution in [2.45, 2.75) is 19.0 Å². The molecule has 3 aromatic rings. The molecule has 1 N–H and O–H groups in total. The van der Waals surface area contributed by atoms with Crippen LogP contribution in [0.3, 0.4) is 0 Å². The van der Waals surface area contributed by atoms with Crippen LogP contribution in [-0.2, 0) is 9.59 Å². The van der Waals surface area contributed by atoms with Gasteiger partial charge in [-0.2, -0.15) is 0 Å². The number of hydrogen-bond acceptors (Lipinski definition) is 4. The Morgan fingerprint density at radius 1 is 1.06 bits per heavy atom. The predicted octanol–water partition coefficient (Wildman–Crippen LogP) is 4.75. The van der Waals surface area contributed by atoms with Crippen molar-refractivity contribution in [2.24, 2.45) is 0 Å². The van der Waals surface area contributed by atoms with E-state index in [1.54, 1.807) is 29.2 Å². The fraction of sp³-hybridized carbons (Fsp3) is 0.259. The second-order valence-electron chi connectivity index (χ2n) is 8.40. The highest BCUT2D eigenvalue weighted by Gasteiger charge is 2.36. The monoisotopic (exact) mass is 495 g/mol. The van der Waals surface area contributed by atoms with Gasteiger partial charge in [0.1, 0.15) is 29.2 Å². The number of hydrogen-bond donors (Lipinski definition) is 1. The predicted molar refractivity (Wildman–Crippen MR) is 134 cm³/mol. The first-order chi connectivity index (χ1) is 17.0. The molecular formula is C27H27ClFN3O3. The fourth-order valence-electron chi connectivity index (χ4n) is 4.15. The molecule has 0 spiro atoms. The molecule has 0 radical (unpaired) electrons. The third-order valence-corrected chi connectivity index (χ3v) is 6.06. The number of nitrogens with zero attached hydrogens (tertiary/aromatic N) is 2. The van der Waals surface area contributed by atoms with Crippen LogP contribution >= 0.6 is 11.6 Å². The molecule has 1 aliphatic rings. The van der Waals surface area contributed by atoms with E-state index in [1.807, 2.05) is 37.3 Å². The summed E-state index contributed by atoms with van der Waals surface area (Å²) >= 11 is 5.99. The average molecular weight is 496 g/mol. The molecule has 35 heavy (non-hydrogen) atoms. The maximum absolute atomic E-state index is 13.8. The summed E-state index contributed by atoms with van der Waals surface area (Å²) in [5.41, 5.74) is 0.993. The normalized spacial score (nSPS) is 16.4. The fourth-order valence-corrected chi connectivity index (χ4v) is 4.28. The van der Waals surface area contributed by atoms with E-state index in [4.69, 9.17) is 16.3 Å². The van der Waals surface area contributed by atoms with E-state index in [-0.39, 0.29) is 17.8 Å². The average Bonchev–Trinajstić information content (AvgIpc) is 2.88. The van der Waals surface area contributed by atoms with Crippen molar-refractivity contribution in [3.63, 3.8) is 0 Å². The molecule has 0 unspecified atom stereocenters. The second-order valence-corrected chi connectivity index (χ2v) is 8.67. The van der Waals surface area contributed by atoms with E-state index in [9.17, 15) is 14.0 Å². The molecule has 0 bridgehead atoms. The Hall–Kier alpha value is -3.42. The van der Waals surface area contributed by atoms with Gasteiger partial charge in [-0.25, -0.2) is 4.39 Å². The Labute approximate surface area is 209 Å². The second kappa shape index (κ2) is 11.3. The Kier molecular flexibility index (Phi) is 8.00. The van der Waals surface area contributed by atoms with Gasteiger partial charge in [-0.05, 0) is 61.0 Å². The highest BCUT2D eigenvalue weighted by atomic mass is 35.5. The molecule has 2 amide bonds. The van der Waals surface area contributed by atoms with Gasteiger partial charge in [-0.15, -0.1) is 11.6 Å². The number of rotatable bonds is 7. The van der Waals surface area contributed by atoms with E-state index in [2.05, 4.69) is 5.32 Å². The van der Waals surface area contributed by atoms with Crippen LogP contribution in [0.2, 0.25) is 0 Å². The van der Waals surface area contributed by atoms with Crippen LogP contribution in [0.15, 0.2) is 78.9 Å². The number of ether oxygens (including phenoxy) is 1. The van der Waals surface area contributed by atoms with Crippen molar-refractivity contribution in [3.8, 4) is 11.5 Å². The Balaban J connectivity index is 1.70. The summed E-state index contributed by atoms with van der Waals surface area (Å²) in [5, 5.41) is 3.31. The summed E-state index contributed by atoms with van der Waals surface area (Å²) in [6.07, 6.45) is 0. The number of amides is 2. The Morgan fingerprint density at radius 3 is 2.34 bits per heavy atom. The molecule has 0 aliphatic carbocycles. The number of alkyl halides is 1. The van der Waals surface area contributed by atoms with Gasteiger partial charge in [0.05, 0.1) is 0 Å². The molecule has 1 aliphatic heterocycles. The lowest BCUT2D eigenvalue weighted by Crippen LogP contribution is -2.55. The van der Waals surface area contributed by atoms with Gasteiger partial charge in [-0.1, -0.05) is 30.3 Å². The Morgan fingerprint density at radius 2 is 1.71 bits per heavy atom. The maximum atomic E-state index is 13.8. The maximum Gasteiger partial charge on any atom is 0.250 e. The first-order valence-corrected chi connectivity index (χ1v) is 12.0.